The van der Waals surface area contributed by atoms with Crippen molar-refractivity contribution in [3.05, 3.63) is 65.7 Å². The Hall–Kier alpha value is -2.33. The van der Waals surface area contributed by atoms with Crippen LogP contribution in [0, 0.1) is 0 Å². The first-order valence-electron chi connectivity index (χ1n) is 7.99. The molecular weight excluding hydrogens is 288 g/mol. The minimum Gasteiger partial charge on any atom is -0.489 e. The summed E-state index contributed by atoms with van der Waals surface area (Å²) in [5.41, 5.74) is 1.78. The standard InChI is InChI=1S/C19H22N2O2/c1-21(17-10-11-20-13-17)19(22)16-8-5-9-18(12-16)23-14-15-6-3-2-4-7-15/h2-9,12,17,20H,10-11,13-14H2,1H3/t17-/m0/s1. The Kier molecular flexibility index (Phi) is 4.93. The topological polar surface area (TPSA) is 41.6 Å². The third-order valence-electron chi connectivity index (χ3n) is 4.23. The molecule has 1 saturated heterocycles. The van der Waals surface area contributed by atoms with Gasteiger partial charge in [0.05, 0.1) is 0 Å². The summed E-state index contributed by atoms with van der Waals surface area (Å²) in [6.07, 6.45) is 1.01. The van der Waals surface area contributed by atoms with Gasteiger partial charge in [-0.15, -0.1) is 0 Å². The van der Waals surface area contributed by atoms with Crippen molar-refractivity contribution in [3.8, 4) is 5.75 Å². The Morgan fingerprint density at radius 2 is 2.04 bits per heavy atom. The van der Waals surface area contributed by atoms with Crippen LogP contribution in [0.3, 0.4) is 0 Å². The maximum absolute atomic E-state index is 12.6. The second-order valence-electron chi connectivity index (χ2n) is 5.86. The fourth-order valence-electron chi connectivity index (χ4n) is 2.80. The molecule has 0 radical (unpaired) electrons. The van der Waals surface area contributed by atoms with Gasteiger partial charge < -0.3 is 15.0 Å². The average Bonchev–Trinajstić information content (AvgIpc) is 3.14. The van der Waals surface area contributed by atoms with Crippen LogP contribution in [0.4, 0.5) is 0 Å². The van der Waals surface area contributed by atoms with Crippen molar-refractivity contribution in [2.24, 2.45) is 0 Å². The van der Waals surface area contributed by atoms with E-state index in [-0.39, 0.29) is 11.9 Å². The number of nitrogens with zero attached hydrogens (tertiary/aromatic N) is 1. The van der Waals surface area contributed by atoms with Crippen molar-refractivity contribution < 1.29 is 9.53 Å². The second-order valence-corrected chi connectivity index (χ2v) is 5.86. The Labute approximate surface area is 137 Å². The Morgan fingerprint density at radius 3 is 2.78 bits per heavy atom. The molecule has 4 heteroatoms. The summed E-state index contributed by atoms with van der Waals surface area (Å²) in [6.45, 7) is 2.34. The molecule has 120 valence electrons. The van der Waals surface area contributed by atoms with Crippen LogP contribution >= 0.6 is 0 Å². The predicted molar refractivity (Wildman–Crippen MR) is 90.6 cm³/mol. The van der Waals surface area contributed by atoms with E-state index < -0.39 is 0 Å². The summed E-state index contributed by atoms with van der Waals surface area (Å²) in [5, 5.41) is 3.29. The van der Waals surface area contributed by atoms with Crippen LogP contribution in [0.2, 0.25) is 0 Å². The van der Waals surface area contributed by atoms with E-state index in [1.165, 1.54) is 0 Å². The number of benzene rings is 2. The molecule has 2 aromatic carbocycles. The molecule has 1 aliphatic rings. The minimum absolute atomic E-state index is 0.0452. The highest BCUT2D eigenvalue weighted by atomic mass is 16.5. The van der Waals surface area contributed by atoms with Gasteiger partial charge in [-0.25, -0.2) is 0 Å². The summed E-state index contributed by atoms with van der Waals surface area (Å²) in [4.78, 5) is 14.4. The minimum atomic E-state index is 0.0452. The molecular formula is C19H22N2O2. The number of carbonyl (C=O) groups excluding carboxylic acids is 1. The molecule has 0 spiro atoms. The van der Waals surface area contributed by atoms with Crippen molar-refractivity contribution in [2.75, 3.05) is 20.1 Å². The highest BCUT2D eigenvalue weighted by molar-refractivity contribution is 5.94. The highest BCUT2D eigenvalue weighted by Crippen LogP contribution is 2.18. The number of nitrogens with one attached hydrogen (secondary N) is 1. The average molecular weight is 310 g/mol. The van der Waals surface area contributed by atoms with Gasteiger partial charge in [-0.1, -0.05) is 36.4 Å². The molecule has 0 saturated carbocycles. The zero-order valence-electron chi connectivity index (χ0n) is 13.4. The molecule has 2 aromatic rings. The Balaban J connectivity index is 1.65. The quantitative estimate of drug-likeness (QED) is 0.923. The molecule has 3 rings (SSSR count). The summed E-state index contributed by atoms with van der Waals surface area (Å²) in [5.74, 6) is 0.765. The summed E-state index contributed by atoms with van der Waals surface area (Å²) < 4.78 is 5.81. The van der Waals surface area contributed by atoms with E-state index in [1.54, 1.807) is 0 Å². The van der Waals surface area contributed by atoms with E-state index in [0.717, 1.165) is 30.8 Å². The van der Waals surface area contributed by atoms with E-state index in [9.17, 15) is 4.79 Å². The van der Waals surface area contributed by atoms with Gasteiger partial charge in [0.2, 0.25) is 0 Å². The molecule has 4 nitrogen and oxygen atoms in total. The number of rotatable bonds is 5. The van der Waals surface area contributed by atoms with E-state index >= 15 is 0 Å². The van der Waals surface area contributed by atoms with Gasteiger partial charge in [-0.2, -0.15) is 0 Å². The van der Waals surface area contributed by atoms with Gasteiger partial charge in [0.25, 0.3) is 5.91 Å². The lowest BCUT2D eigenvalue weighted by Gasteiger charge is -2.24. The van der Waals surface area contributed by atoms with Crippen molar-refractivity contribution in [1.82, 2.24) is 10.2 Å². The van der Waals surface area contributed by atoms with Crippen LogP contribution < -0.4 is 10.1 Å². The highest BCUT2D eigenvalue weighted by Gasteiger charge is 2.24. The molecule has 0 unspecified atom stereocenters. The molecule has 1 amide bonds. The normalized spacial score (nSPS) is 17.0. The van der Waals surface area contributed by atoms with Crippen LogP contribution in [0.1, 0.15) is 22.3 Å². The van der Waals surface area contributed by atoms with E-state index in [1.807, 2.05) is 66.5 Å². The zero-order chi connectivity index (χ0) is 16.1. The molecule has 23 heavy (non-hydrogen) atoms. The van der Waals surface area contributed by atoms with Crippen molar-refractivity contribution in [2.45, 2.75) is 19.1 Å². The van der Waals surface area contributed by atoms with E-state index in [2.05, 4.69) is 5.32 Å². The van der Waals surface area contributed by atoms with Crippen molar-refractivity contribution in [1.29, 1.82) is 0 Å². The Bertz CT molecular complexity index is 651. The number of ether oxygens (including phenoxy) is 1. The van der Waals surface area contributed by atoms with Gasteiger partial charge in [0.1, 0.15) is 12.4 Å². The number of likely N-dealkylation sites (N-methyl/N-ethyl adjacent to an activating group) is 1. The van der Waals surface area contributed by atoms with Gasteiger partial charge in [0.15, 0.2) is 0 Å². The first-order chi connectivity index (χ1) is 11.2. The van der Waals surface area contributed by atoms with Gasteiger partial charge in [0, 0.05) is 25.2 Å². The maximum atomic E-state index is 12.6. The van der Waals surface area contributed by atoms with Crippen LogP contribution in [0.25, 0.3) is 0 Å². The zero-order valence-corrected chi connectivity index (χ0v) is 13.4. The molecule has 1 N–H and O–H groups in total. The molecule has 0 bridgehead atoms. The molecule has 1 fully saturated rings. The fourth-order valence-corrected chi connectivity index (χ4v) is 2.80. The predicted octanol–water partition coefficient (Wildman–Crippen LogP) is 2.70. The Morgan fingerprint density at radius 1 is 1.22 bits per heavy atom. The third kappa shape index (κ3) is 3.90. The number of amides is 1. The SMILES string of the molecule is CN(C(=O)c1cccc(OCc2ccccc2)c1)[C@H]1CCNC1. The second kappa shape index (κ2) is 7.29. The first-order valence-corrected chi connectivity index (χ1v) is 7.99. The molecule has 0 aromatic heterocycles. The first kappa shape index (κ1) is 15.6. The number of carbonyl (C=O) groups is 1. The lowest BCUT2D eigenvalue weighted by Crippen LogP contribution is -2.38. The lowest BCUT2D eigenvalue weighted by atomic mass is 10.1. The van der Waals surface area contributed by atoms with Crippen LogP contribution in [-0.4, -0.2) is 37.0 Å². The molecule has 1 atom stereocenters. The van der Waals surface area contributed by atoms with Crippen LogP contribution in [0.15, 0.2) is 54.6 Å². The van der Waals surface area contributed by atoms with Crippen LogP contribution in [0.5, 0.6) is 5.75 Å². The van der Waals surface area contributed by atoms with E-state index in [4.69, 9.17) is 4.74 Å². The van der Waals surface area contributed by atoms with Crippen molar-refractivity contribution >= 4 is 5.91 Å². The van der Waals surface area contributed by atoms with Crippen molar-refractivity contribution in [3.63, 3.8) is 0 Å². The number of hydrogen-bond donors (Lipinski definition) is 1. The third-order valence-corrected chi connectivity index (χ3v) is 4.23. The largest absolute Gasteiger partial charge is 0.489 e. The number of hydrogen-bond acceptors (Lipinski definition) is 3. The fraction of sp³-hybridized carbons (Fsp3) is 0.316. The van der Waals surface area contributed by atoms with Crippen LogP contribution in [-0.2, 0) is 6.61 Å². The summed E-state index contributed by atoms with van der Waals surface area (Å²) in [7, 11) is 1.87. The summed E-state index contributed by atoms with van der Waals surface area (Å²) in [6, 6.07) is 17.7. The van der Waals surface area contributed by atoms with Gasteiger partial charge >= 0.3 is 0 Å². The van der Waals surface area contributed by atoms with E-state index in [0.29, 0.717) is 12.2 Å². The van der Waals surface area contributed by atoms with Gasteiger partial charge in [-0.3, -0.25) is 4.79 Å². The summed E-state index contributed by atoms with van der Waals surface area (Å²) >= 11 is 0. The monoisotopic (exact) mass is 310 g/mol. The molecule has 1 heterocycles. The van der Waals surface area contributed by atoms with Gasteiger partial charge in [-0.05, 0) is 36.7 Å². The molecule has 1 aliphatic heterocycles. The maximum Gasteiger partial charge on any atom is 0.254 e. The lowest BCUT2D eigenvalue weighted by molar-refractivity contribution is 0.0743. The molecule has 0 aliphatic carbocycles. The smallest absolute Gasteiger partial charge is 0.254 e.